The van der Waals surface area contributed by atoms with E-state index >= 15 is 0 Å². The summed E-state index contributed by atoms with van der Waals surface area (Å²) in [6.07, 6.45) is 0. The lowest BCUT2D eigenvalue weighted by Crippen LogP contribution is -2.13. The lowest BCUT2D eigenvalue weighted by molar-refractivity contribution is 0.268. The number of aliphatic hydroxyl groups is 1. The molecular formula is C11H11BrN2OS. The van der Waals surface area contributed by atoms with Crippen LogP contribution in [0.25, 0.3) is 11.3 Å². The van der Waals surface area contributed by atoms with E-state index in [2.05, 4.69) is 20.9 Å². The number of nitrogens with two attached hydrogens (primary N) is 1. The Morgan fingerprint density at radius 1 is 1.44 bits per heavy atom. The van der Waals surface area contributed by atoms with Gasteiger partial charge in [0.15, 0.2) is 0 Å². The third-order valence-electron chi connectivity index (χ3n) is 2.19. The van der Waals surface area contributed by atoms with Crippen LogP contribution in [0.2, 0.25) is 0 Å². The molecule has 3 N–H and O–H groups in total. The Morgan fingerprint density at radius 3 is 2.88 bits per heavy atom. The molecule has 5 heteroatoms. The van der Waals surface area contributed by atoms with Crippen molar-refractivity contribution in [3.63, 3.8) is 0 Å². The maximum Gasteiger partial charge on any atom is 0.112 e. The van der Waals surface area contributed by atoms with E-state index in [1.165, 1.54) is 11.3 Å². The normalized spacial score (nSPS) is 12.7. The summed E-state index contributed by atoms with van der Waals surface area (Å²) in [5.74, 6) is 0. The van der Waals surface area contributed by atoms with Crippen molar-refractivity contribution in [1.82, 2.24) is 4.98 Å². The van der Waals surface area contributed by atoms with Gasteiger partial charge in [0.05, 0.1) is 18.3 Å². The van der Waals surface area contributed by atoms with Crippen molar-refractivity contribution < 1.29 is 5.11 Å². The highest BCUT2D eigenvalue weighted by Gasteiger charge is 2.11. The van der Waals surface area contributed by atoms with Gasteiger partial charge in [-0.3, -0.25) is 0 Å². The number of halogens is 1. The summed E-state index contributed by atoms with van der Waals surface area (Å²) in [7, 11) is 0. The highest BCUT2D eigenvalue weighted by atomic mass is 79.9. The fraction of sp³-hybridized carbons (Fsp3) is 0.182. The Morgan fingerprint density at radius 2 is 2.19 bits per heavy atom. The van der Waals surface area contributed by atoms with Crippen molar-refractivity contribution in [3.8, 4) is 11.3 Å². The smallest absolute Gasteiger partial charge is 0.112 e. The predicted molar refractivity (Wildman–Crippen MR) is 69.3 cm³/mol. The van der Waals surface area contributed by atoms with Crippen molar-refractivity contribution in [2.45, 2.75) is 6.04 Å². The zero-order valence-corrected chi connectivity index (χ0v) is 10.8. The van der Waals surface area contributed by atoms with Crippen molar-refractivity contribution >= 4 is 27.3 Å². The molecular weight excluding hydrogens is 288 g/mol. The minimum atomic E-state index is -0.388. The summed E-state index contributed by atoms with van der Waals surface area (Å²) < 4.78 is 1.00. The van der Waals surface area contributed by atoms with E-state index in [-0.39, 0.29) is 12.6 Å². The molecule has 2 aromatic rings. The predicted octanol–water partition coefficient (Wildman–Crippen LogP) is 2.56. The van der Waals surface area contributed by atoms with Crippen LogP contribution in [0.4, 0.5) is 0 Å². The molecule has 2 rings (SSSR count). The van der Waals surface area contributed by atoms with Crippen LogP contribution in [0, 0.1) is 0 Å². The molecule has 1 heterocycles. The summed E-state index contributed by atoms with van der Waals surface area (Å²) in [6.45, 7) is -0.0804. The fourth-order valence-corrected chi connectivity index (χ4v) is 2.63. The molecule has 1 atom stereocenters. The van der Waals surface area contributed by atoms with Crippen molar-refractivity contribution in [1.29, 1.82) is 0 Å². The number of hydrogen-bond acceptors (Lipinski definition) is 4. The summed E-state index contributed by atoms with van der Waals surface area (Å²) in [5, 5.41) is 11.7. The van der Waals surface area contributed by atoms with E-state index in [1.807, 2.05) is 29.6 Å². The molecule has 0 saturated heterocycles. The van der Waals surface area contributed by atoms with Crippen LogP contribution in [0.3, 0.4) is 0 Å². The Hall–Kier alpha value is -0.750. The first-order chi connectivity index (χ1) is 7.72. The average Bonchev–Trinajstić information content (AvgIpc) is 2.78. The van der Waals surface area contributed by atoms with Gasteiger partial charge in [0.25, 0.3) is 0 Å². The fourth-order valence-electron chi connectivity index (χ4n) is 1.33. The zero-order valence-electron chi connectivity index (χ0n) is 8.43. The summed E-state index contributed by atoms with van der Waals surface area (Å²) in [4.78, 5) is 4.42. The van der Waals surface area contributed by atoms with Gasteiger partial charge < -0.3 is 10.8 Å². The second-order valence-corrected chi connectivity index (χ2v) is 5.08. The number of thiazole rings is 1. The molecule has 0 spiro atoms. The second kappa shape index (κ2) is 5.05. The third-order valence-corrected chi connectivity index (χ3v) is 3.85. The minimum absolute atomic E-state index is 0.0804. The number of hydrogen-bond donors (Lipinski definition) is 2. The largest absolute Gasteiger partial charge is 0.394 e. The van der Waals surface area contributed by atoms with E-state index in [9.17, 15) is 0 Å². The van der Waals surface area contributed by atoms with Crippen LogP contribution < -0.4 is 5.73 Å². The van der Waals surface area contributed by atoms with E-state index in [0.29, 0.717) is 0 Å². The number of rotatable bonds is 3. The molecule has 0 aliphatic rings. The van der Waals surface area contributed by atoms with Crippen molar-refractivity contribution in [2.75, 3.05) is 6.61 Å². The number of benzene rings is 1. The Balaban J connectivity index is 2.35. The van der Waals surface area contributed by atoms with Gasteiger partial charge in [-0.05, 0) is 6.07 Å². The van der Waals surface area contributed by atoms with Gasteiger partial charge in [-0.25, -0.2) is 4.98 Å². The van der Waals surface area contributed by atoms with Crippen LogP contribution in [0.5, 0.6) is 0 Å². The lowest BCUT2D eigenvalue weighted by atomic mass is 10.2. The minimum Gasteiger partial charge on any atom is -0.394 e. The topological polar surface area (TPSA) is 59.1 Å². The molecule has 0 amide bonds. The SMILES string of the molecule is NC(CO)c1nc(-c2ccccc2Br)cs1. The van der Waals surface area contributed by atoms with Gasteiger partial charge in [-0.2, -0.15) is 0 Å². The number of aromatic nitrogens is 1. The molecule has 1 aromatic carbocycles. The average molecular weight is 299 g/mol. The highest BCUT2D eigenvalue weighted by Crippen LogP contribution is 2.30. The third kappa shape index (κ3) is 2.32. The van der Waals surface area contributed by atoms with Crippen LogP contribution in [0.1, 0.15) is 11.0 Å². The van der Waals surface area contributed by atoms with Gasteiger partial charge in [0.2, 0.25) is 0 Å². The second-order valence-electron chi connectivity index (χ2n) is 3.34. The maximum atomic E-state index is 8.96. The van der Waals surface area contributed by atoms with E-state index in [0.717, 1.165) is 20.7 Å². The van der Waals surface area contributed by atoms with Gasteiger partial charge in [0, 0.05) is 15.4 Å². The molecule has 0 fully saturated rings. The molecule has 0 aliphatic heterocycles. The summed E-state index contributed by atoms with van der Waals surface area (Å²) in [5.41, 5.74) is 7.63. The maximum absolute atomic E-state index is 8.96. The van der Waals surface area contributed by atoms with Crippen LogP contribution in [0.15, 0.2) is 34.1 Å². The molecule has 3 nitrogen and oxygen atoms in total. The van der Waals surface area contributed by atoms with E-state index in [4.69, 9.17) is 10.8 Å². The Labute approximate surface area is 106 Å². The highest BCUT2D eigenvalue weighted by molar-refractivity contribution is 9.10. The van der Waals surface area contributed by atoms with Gasteiger partial charge in [-0.1, -0.05) is 34.1 Å². The van der Waals surface area contributed by atoms with Crippen LogP contribution in [-0.2, 0) is 0 Å². The summed E-state index contributed by atoms with van der Waals surface area (Å²) in [6, 6.07) is 7.50. The molecule has 0 bridgehead atoms. The summed E-state index contributed by atoms with van der Waals surface area (Å²) >= 11 is 4.95. The lowest BCUT2D eigenvalue weighted by Gasteiger charge is -2.02. The van der Waals surface area contributed by atoms with Crippen LogP contribution >= 0.6 is 27.3 Å². The first-order valence-electron chi connectivity index (χ1n) is 4.79. The molecule has 0 radical (unpaired) electrons. The van der Waals surface area contributed by atoms with Gasteiger partial charge in [-0.15, -0.1) is 11.3 Å². The number of nitrogens with zero attached hydrogens (tertiary/aromatic N) is 1. The molecule has 16 heavy (non-hydrogen) atoms. The standard InChI is InChI=1S/C11H11BrN2OS/c12-8-4-2-1-3-7(8)10-6-16-11(14-10)9(13)5-15/h1-4,6,9,15H,5,13H2. The number of aliphatic hydroxyl groups excluding tert-OH is 1. The quantitative estimate of drug-likeness (QED) is 0.915. The van der Waals surface area contributed by atoms with Crippen molar-refractivity contribution in [3.05, 3.63) is 39.1 Å². The zero-order chi connectivity index (χ0) is 11.5. The molecule has 0 saturated carbocycles. The molecule has 84 valence electrons. The Kier molecular flexibility index (Phi) is 3.70. The van der Waals surface area contributed by atoms with Gasteiger partial charge >= 0.3 is 0 Å². The van der Waals surface area contributed by atoms with E-state index < -0.39 is 0 Å². The first kappa shape index (κ1) is 11.7. The van der Waals surface area contributed by atoms with Gasteiger partial charge in [0.1, 0.15) is 5.01 Å². The van der Waals surface area contributed by atoms with E-state index in [1.54, 1.807) is 0 Å². The molecule has 1 unspecified atom stereocenters. The monoisotopic (exact) mass is 298 g/mol. The Bertz CT molecular complexity index is 486. The first-order valence-corrected chi connectivity index (χ1v) is 6.46. The van der Waals surface area contributed by atoms with Crippen LogP contribution in [-0.4, -0.2) is 16.7 Å². The molecule has 0 aliphatic carbocycles. The van der Waals surface area contributed by atoms with Crippen molar-refractivity contribution in [2.24, 2.45) is 5.73 Å². The molecule has 1 aromatic heterocycles.